The lowest BCUT2D eigenvalue weighted by molar-refractivity contribution is 0.599. The molecule has 0 bridgehead atoms. The second-order valence-electron chi connectivity index (χ2n) is 5.97. The van der Waals surface area contributed by atoms with Gasteiger partial charge in [0.2, 0.25) is 0 Å². The Balaban J connectivity index is 2.32. The molecule has 0 aliphatic heterocycles. The maximum Gasteiger partial charge on any atom is 0.177 e. The lowest BCUT2D eigenvalue weighted by Crippen LogP contribution is -2.22. The summed E-state index contributed by atoms with van der Waals surface area (Å²) in [5, 5.41) is 0. The lowest BCUT2D eigenvalue weighted by Gasteiger charge is -2.22. The molecule has 5 nitrogen and oxygen atoms in total. The largest absolute Gasteiger partial charge is 0.373 e. The van der Waals surface area contributed by atoms with E-state index in [0.717, 1.165) is 18.1 Å². The first kappa shape index (κ1) is 19.4. The standard InChI is InChI=1S/C17H20FNO4S2/c1-19(11-10-13-4-6-14(18)7-5-13)16-9-8-15(24(2,20)21)12-17(16)25(3,22)23/h4-9,12H,10-11H2,1-3H3. The summed E-state index contributed by atoms with van der Waals surface area (Å²) >= 11 is 0. The van der Waals surface area contributed by atoms with Gasteiger partial charge in [-0.15, -0.1) is 0 Å². The van der Waals surface area contributed by atoms with E-state index >= 15 is 0 Å². The van der Waals surface area contributed by atoms with E-state index in [4.69, 9.17) is 0 Å². The first-order valence-corrected chi connectivity index (χ1v) is 11.3. The van der Waals surface area contributed by atoms with Crippen molar-refractivity contribution in [1.82, 2.24) is 0 Å². The molecule has 0 saturated heterocycles. The zero-order valence-electron chi connectivity index (χ0n) is 14.2. The van der Waals surface area contributed by atoms with Crippen LogP contribution < -0.4 is 4.90 Å². The van der Waals surface area contributed by atoms with Gasteiger partial charge in [-0.2, -0.15) is 0 Å². The molecule has 0 N–H and O–H groups in total. The van der Waals surface area contributed by atoms with Gasteiger partial charge in [-0.1, -0.05) is 12.1 Å². The molecule has 2 rings (SSSR count). The van der Waals surface area contributed by atoms with Crippen molar-refractivity contribution in [3.8, 4) is 0 Å². The number of hydrogen-bond donors (Lipinski definition) is 0. The van der Waals surface area contributed by atoms with Crippen LogP contribution in [0.1, 0.15) is 5.56 Å². The Labute approximate surface area is 147 Å². The van der Waals surface area contributed by atoms with Crippen LogP contribution in [0, 0.1) is 5.82 Å². The van der Waals surface area contributed by atoms with Crippen LogP contribution in [-0.2, 0) is 26.1 Å². The van der Waals surface area contributed by atoms with Crippen LogP contribution in [0.2, 0.25) is 0 Å². The van der Waals surface area contributed by atoms with Gasteiger partial charge in [0.15, 0.2) is 19.7 Å². The summed E-state index contributed by atoms with van der Waals surface area (Å²) in [5.74, 6) is -0.312. The third-order valence-corrected chi connectivity index (χ3v) is 6.06. The van der Waals surface area contributed by atoms with Gasteiger partial charge < -0.3 is 4.90 Å². The van der Waals surface area contributed by atoms with Crippen LogP contribution in [0.25, 0.3) is 0 Å². The summed E-state index contributed by atoms with van der Waals surface area (Å²) in [4.78, 5) is 1.67. The van der Waals surface area contributed by atoms with E-state index in [1.165, 1.54) is 30.3 Å². The van der Waals surface area contributed by atoms with Crippen molar-refractivity contribution in [3.63, 3.8) is 0 Å². The predicted octanol–water partition coefficient (Wildman–Crippen LogP) is 2.31. The van der Waals surface area contributed by atoms with Crippen LogP contribution in [0.15, 0.2) is 52.3 Å². The van der Waals surface area contributed by atoms with Crippen LogP contribution in [0.3, 0.4) is 0 Å². The molecule has 0 atom stereocenters. The molecule has 0 fully saturated rings. The van der Waals surface area contributed by atoms with Crippen molar-refractivity contribution in [2.75, 3.05) is 31.0 Å². The van der Waals surface area contributed by atoms with Crippen LogP contribution in [0.5, 0.6) is 0 Å². The van der Waals surface area contributed by atoms with E-state index in [9.17, 15) is 21.2 Å². The number of halogens is 1. The van der Waals surface area contributed by atoms with E-state index in [1.807, 2.05) is 0 Å². The molecule has 8 heteroatoms. The van der Waals surface area contributed by atoms with E-state index < -0.39 is 19.7 Å². The number of benzene rings is 2. The number of hydrogen-bond acceptors (Lipinski definition) is 5. The molecule has 0 heterocycles. The highest BCUT2D eigenvalue weighted by atomic mass is 32.2. The Kier molecular flexibility index (Phi) is 5.53. The number of sulfone groups is 2. The first-order chi connectivity index (χ1) is 11.5. The van der Waals surface area contributed by atoms with Gasteiger partial charge in [-0.05, 0) is 42.3 Å². The Morgan fingerprint density at radius 3 is 2.04 bits per heavy atom. The van der Waals surface area contributed by atoms with Crippen molar-refractivity contribution < 1.29 is 21.2 Å². The smallest absolute Gasteiger partial charge is 0.177 e. The Bertz CT molecular complexity index is 968. The van der Waals surface area contributed by atoms with Crippen molar-refractivity contribution in [3.05, 3.63) is 53.8 Å². The predicted molar refractivity (Wildman–Crippen MR) is 96.0 cm³/mol. The van der Waals surface area contributed by atoms with Gasteiger partial charge in [-0.3, -0.25) is 0 Å². The van der Waals surface area contributed by atoms with Crippen LogP contribution in [-0.4, -0.2) is 42.9 Å². The molecule has 0 amide bonds. The first-order valence-electron chi connectivity index (χ1n) is 7.48. The minimum Gasteiger partial charge on any atom is -0.373 e. The van der Waals surface area contributed by atoms with Gasteiger partial charge in [0.05, 0.1) is 15.5 Å². The van der Waals surface area contributed by atoms with Gasteiger partial charge in [0.25, 0.3) is 0 Å². The molecule has 136 valence electrons. The molecule has 0 radical (unpaired) electrons. The van der Waals surface area contributed by atoms with Gasteiger partial charge in [0.1, 0.15) is 5.82 Å². The second kappa shape index (κ2) is 7.13. The number of nitrogens with zero attached hydrogens (tertiary/aromatic N) is 1. The average Bonchev–Trinajstić information content (AvgIpc) is 2.52. The van der Waals surface area contributed by atoms with Crippen molar-refractivity contribution in [2.24, 2.45) is 0 Å². The highest BCUT2D eigenvalue weighted by Crippen LogP contribution is 2.27. The van der Waals surface area contributed by atoms with E-state index in [0.29, 0.717) is 18.7 Å². The highest BCUT2D eigenvalue weighted by molar-refractivity contribution is 7.91. The topological polar surface area (TPSA) is 71.5 Å². The number of likely N-dealkylation sites (N-methyl/N-ethyl adjacent to an activating group) is 1. The molecule has 0 saturated carbocycles. The Hall–Kier alpha value is -1.93. The zero-order chi connectivity index (χ0) is 18.8. The maximum absolute atomic E-state index is 12.9. The summed E-state index contributed by atoms with van der Waals surface area (Å²) in [6.45, 7) is 0.492. The summed E-state index contributed by atoms with van der Waals surface area (Å²) in [5.41, 5.74) is 1.35. The average molecular weight is 385 g/mol. The van der Waals surface area contributed by atoms with Gasteiger partial charge >= 0.3 is 0 Å². The van der Waals surface area contributed by atoms with Gasteiger partial charge in [-0.25, -0.2) is 21.2 Å². The van der Waals surface area contributed by atoms with Crippen LogP contribution in [0.4, 0.5) is 10.1 Å². The molecule has 2 aromatic carbocycles. The lowest BCUT2D eigenvalue weighted by atomic mass is 10.1. The SMILES string of the molecule is CN(CCc1ccc(F)cc1)c1ccc(S(C)(=O)=O)cc1S(C)(=O)=O. The second-order valence-corrected chi connectivity index (χ2v) is 9.97. The van der Waals surface area contributed by atoms with E-state index in [1.54, 1.807) is 24.1 Å². The Morgan fingerprint density at radius 2 is 1.52 bits per heavy atom. The zero-order valence-corrected chi connectivity index (χ0v) is 15.9. The summed E-state index contributed by atoms with van der Waals surface area (Å²) < 4.78 is 60.5. The molecule has 0 spiro atoms. The molecular formula is C17H20FNO4S2. The molecule has 0 unspecified atom stereocenters. The maximum atomic E-state index is 12.9. The van der Waals surface area contributed by atoms with Crippen molar-refractivity contribution in [2.45, 2.75) is 16.2 Å². The van der Waals surface area contributed by atoms with Crippen LogP contribution >= 0.6 is 0 Å². The van der Waals surface area contributed by atoms with Crippen molar-refractivity contribution in [1.29, 1.82) is 0 Å². The van der Waals surface area contributed by atoms with E-state index in [-0.39, 0.29) is 15.6 Å². The monoisotopic (exact) mass is 385 g/mol. The van der Waals surface area contributed by atoms with Crippen molar-refractivity contribution >= 4 is 25.4 Å². The fourth-order valence-corrected chi connectivity index (χ4v) is 4.07. The summed E-state index contributed by atoms with van der Waals surface area (Å²) in [6.07, 6.45) is 2.67. The third-order valence-electron chi connectivity index (χ3n) is 3.82. The minimum atomic E-state index is -3.61. The summed E-state index contributed by atoms with van der Waals surface area (Å²) in [6, 6.07) is 10.2. The molecular weight excluding hydrogens is 365 g/mol. The quantitative estimate of drug-likeness (QED) is 0.763. The molecule has 2 aromatic rings. The fraction of sp³-hybridized carbons (Fsp3) is 0.294. The molecule has 0 aliphatic carbocycles. The highest BCUT2D eigenvalue weighted by Gasteiger charge is 2.20. The Morgan fingerprint density at radius 1 is 0.920 bits per heavy atom. The number of anilines is 1. The normalized spacial score (nSPS) is 12.2. The minimum absolute atomic E-state index is 0.0305. The molecule has 0 aromatic heterocycles. The fourth-order valence-electron chi connectivity index (χ4n) is 2.41. The number of rotatable bonds is 6. The third kappa shape index (κ3) is 5.02. The van der Waals surface area contributed by atoms with E-state index in [2.05, 4.69) is 0 Å². The molecule has 0 aliphatic rings. The molecule has 25 heavy (non-hydrogen) atoms. The van der Waals surface area contributed by atoms with Gasteiger partial charge in [0, 0.05) is 26.1 Å². The summed E-state index contributed by atoms with van der Waals surface area (Å²) in [7, 11) is -5.38.